The van der Waals surface area contributed by atoms with E-state index in [-0.39, 0.29) is 11.9 Å². The van der Waals surface area contributed by atoms with Gasteiger partial charge in [0.2, 0.25) is 0 Å². The third-order valence-corrected chi connectivity index (χ3v) is 4.18. The fourth-order valence-electron chi connectivity index (χ4n) is 1.77. The largest absolute Gasteiger partial charge is 0.497 e. The van der Waals surface area contributed by atoms with Gasteiger partial charge in [0.1, 0.15) is 11.6 Å². The smallest absolute Gasteiger partial charge is 0.131 e. The molecule has 0 bridgehead atoms. The summed E-state index contributed by atoms with van der Waals surface area (Å²) in [6.45, 7) is 0. The Kier molecular flexibility index (Phi) is 5.29. The second kappa shape index (κ2) is 6.97. The van der Waals surface area contributed by atoms with Crippen LogP contribution in [0, 0.1) is 5.82 Å². The summed E-state index contributed by atoms with van der Waals surface area (Å²) in [6.07, 6.45) is 0. The number of thioether (sulfide) groups is 1. The number of hydrogen-bond donors (Lipinski definition) is 1. The molecule has 0 heterocycles. The summed E-state index contributed by atoms with van der Waals surface area (Å²) < 4.78 is 18.9. The van der Waals surface area contributed by atoms with E-state index in [0.29, 0.717) is 22.1 Å². The Morgan fingerprint density at radius 1 is 1.30 bits per heavy atom. The van der Waals surface area contributed by atoms with Crippen molar-refractivity contribution in [1.29, 1.82) is 0 Å². The second-order valence-electron chi connectivity index (χ2n) is 4.26. The summed E-state index contributed by atoms with van der Waals surface area (Å²) in [7, 11) is 1.50. The first-order valence-electron chi connectivity index (χ1n) is 6.07. The van der Waals surface area contributed by atoms with Crippen molar-refractivity contribution in [1.82, 2.24) is 0 Å². The van der Waals surface area contributed by atoms with E-state index in [1.54, 1.807) is 23.9 Å². The second-order valence-corrected chi connectivity index (χ2v) is 5.79. The minimum atomic E-state index is -0.384. The van der Waals surface area contributed by atoms with Gasteiger partial charge in [0, 0.05) is 33.3 Å². The molecule has 0 aliphatic carbocycles. The molecule has 0 spiro atoms. The first kappa shape index (κ1) is 15.2. The Balaban J connectivity index is 2.03. The molecule has 2 aromatic rings. The molecule has 0 aromatic heterocycles. The summed E-state index contributed by atoms with van der Waals surface area (Å²) in [5, 5.41) is 0.680. The van der Waals surface area contributed by atoms with Gasteiger partial charge in [0.15, 0.2) is 0 Å². The first-order chi connectivity index (χ1) is 9.60. The number of methoxy groups -OCH3 is 1. The van der Waals surface area contributed by atoms with Crippen molar-refractivity contribution in [3.05, 3.63) is 58.9 Å². The molecule has 2 rings (SSSR count). The average Bonchev–Trinajstić information content (AvgIpc) is 2.44. The van der Waals surface area contributed by atoms with Gasteiger partial charge in [0.05, 0.1) is 7.11 Å². The number of rotatable bonds is 5. The van der Waals surface area contributed by atoms with Crippen LogP contribution >= 0.6 is 23.4 Å². The maximum atomic E-state index is 13.9. The fourth-order valence-corrected chi connectivity index (χ4v) is 2.96. The highest BCUT2D eigenvalue weighted by molar-refractivity contribution is 7.99. The lowest BCUT2D eigenvalue weighted by atomic mass is 10.1. The molecular formula is C15H15ClFNOS. The Labute approximate surface area is 127 Å². The van der Waals surface area contributed by atoms with Crippen molar-refractivity contribution in [2.24, 2.45) is 5.73 Å². The summed E-state index contributed by atoms with van der Waals surface area (Å²) in [4.78, 5) is 1.02. The number of hydrogen-bond acceptors (Lipinski definition) is 3. The van der Waals surface area contributed by atoms with Crippen LogP contribution in [0.5, 0.6) is 5.75 Å². The lowest BCUT2D eigenvalue weighted by Gasteiger charge is -2.13. The number of ether oxygens (including phenoxy) is 1. The van der Waals surface area contributed by atoms with Crippen LogP contribution in [0.15, 0.2) is 47.4 Å². The average molecular weight is 312 g/mol. The molecule has 2 aromatic carbocycles. The molecule has 1 atom stereocenters. The van der Waals surface area contributed by atoms with Gasteiger partial charge in [0.25, 0.3) is 0 Å². The van der Waals surface area contributed by atoms with Crippen LogP contribution in [0.25, 0.3) is 0 Å². The SMILES string of the molecule is COc1ccc(C(N)CSc2cccc(Cl)c2)c(F)c1. The predicted molar refractivity (Wildman–Crippen MR) is 82.1 cm³/mol. The van der Waals surface area contributed by atoms with Crippen LogP contribution in [0.4, 0.5) is 4.39 Å². The summed E-state index contributed by atoms with van der Waals surface area (Å²) >= 11 is 7.47. The van der Waals surface area contributed by atoms with Gasteiger partial charge in [-0.05, 0) is 24.3 Å². The highest BCUT2D eigenvalue weighted by Gasteiger charge is 2.12. The molecular weight excluding hydrogens is 297 g/mol. The molecule has 20 heavy (non-hydrogen) atoms. The summed E-state index contributed by atoms with van der Waals surface area (Å²) in [5.74, 6) is 0.716. The molecule has 106 valence electrons. The van der Waals surface area contributed by atoms with Gasteiger partial charge in [-0.2, -0.15) is 0 Å². The van der Waals surface area contributed by atoms with Gasteiger partial charge in [-0.15, -0.1) is 11.8 Å². The van der Waals surface area contributed by atoms with E-state index in [1.165, 1.54) is 13.2 Å². The Bertz CT molecular complexity index is 594. The topological polar surface area (TPSA) is 35.2 Å². The van der Waals surface area contributed by atoms with Crippen molar-refractivity contribution >= 4 is 23.4 Å². The molecule has 0 radical (unpaired) electrons. The van der Waals surface area contributed by atoms with Gasteiger partial charge in [-0.3, -0.25) is 0 Å². The number of nitrogens with two attached hydrogens (primary N) is 1. The first-order valence-corrected chi connectivity index (χ1v) is 7.44. The minimum absolute atomic E-state index is 0.344. The highest BCUT2D eigenvalue weighted by Crippen LogP contribution is 2.27. The van der Waals surface area contributed by atoms with E-state index in [2.05, 4.69) is 0 Å². The Morgan fingerprint density at radius 3 is 2.75 bits per heavy atom. The zero-order valence-electron chi connectivity index (χ0n) is 11.0. The quantitative estimate of drug-likeness (QED) is 0.837. The van der Waals surface area contributed by atoms with Crippen LogP contribution in [-0.2, 0) is 0 Å². The zero-order chi connectivity index (χ0) is 14.5. The Hall–Kier alpha value is -1.23. The van der Waals surface area contributed by atoms with Gasteiger partial charge in [-0.1, -0.05) is 23.7 Å². The van der Waals surface area contributed by atoms with Crippen LogP contribution in [0.3, 0.4) is 0 Å². The van der Waals surface area contributed by atoms with Gasteiger partial charge < -0.3 is 10.5 Å². The van der Waals surface area contributed by atoms with Crippen molar-refractivity contribution < 1.29 is 9.13 Å². The van der Waals surface area contributed by atoms with Crippen molar-refractivity contribution in [3.8, 4) is 5.75 Å². The van der Waals surface area contributed by atoms with Crippen molar-refractivity contribution in [2.75, 3.05) is 12.9 Å². The standard InChI is InChI=1S/C15H15ClFNOS/c1-19-11-5-6-13(14(17)8-11)15(18)9-20-12-4-2-3-10(16)7-12/h2-8,15H,9,18H2,1H3. The van der Waals surface area contributed by atoms with E-state index in [0.717, 1.165) is 4.90 Å². The van der Waals surface area contributed by atoms with Crippen LogP contribution in [0.2, 0.25) is 5.02 Å². The molecule has 0 saturated heterocycles. The molecule has 2 nitrogen and oxygen atoms in total. The third-order valence-electron chi connectivity index (χ3n) is 2.83. The van der Waals surface area contributed by atoms with Crippen molar-refractivity contribution in [2.45, 2.75) is 10.9 Å². The number of halogens is 2. The molecule has 0 amide bonds. The molecule has 2 N–H and O–H groups in total. The van der Waals surface area contributed by atoms with Crippen LogP contribution < -0.4 is 10.5 Å². The maximum absolute atomic E-state index is 13.9. The van der Waals surface area contributed by atoms with E-state index in [4.69, 9.17) is 22.1 Å². The van der Waals surface area contributed by atoms with Crippen LogP contribution in [0.1, 0.15) is 11.6 Å². The number of benzene rings is 2. The fraction of sp³-hybridized carbons (Fsp3) is 0.200. The molecule has 1 unspecified atom stereocenters. The molecule has 0 saturated carbocycles. The summed E-state index contributed by atoms with van der Waals surface area (Å²) in [6, 6.07) is 11.8. The third kappa shape index (κ3) is 3.88. The maximum Gasteiger partial charge on any atom is 0.131 e. The predicted octanol–water partition coefficient (Wildman–Crippen LogP) is 4.28. The highest BCUT2D eigenvalue weighted by atomic mass is 35.5. The molecule has 0 aliphatic rings. The summed E-state index contributed by atoms with van der Waals surface area (Å²) in [5.41, 5.74) is 6.53. The lowest BCUT2D eigenvalue weighted by molar-refractivity contribution is 0.410. The normalized spacial score (nSPS) is 12.2. The zero-order valence-corrected chi connectivity index (χ0v) is 12.5. The lowest BCUT2D eigenvalue weighted by Crippen LogP contribution is -2.14. The van der Waals surface area contributed by atoms with Gasteiger partial charge >= 0.3 is 0 Å². The van der Waals surface area contributed by atoms with Gasteiger partial charge in [-0.25, -0.2) is 4.39 Å². The monoisotopic (exact) mass is 311 g/mol. The van der Waals surface area contributed by atoms with Crippen LogP contribution in [-0.4, -0.2) is 12.9 Å². The van der Waals surface area contributed by atoms with E-state index in [9.17, 15) is 4.39 Å². The van der Waals surface area contributed by atoms with E-state index >= 15 is 0 Å². The van der Waals surface area contributed by atoms with Crippen molar-refractivity contribution in [3.63, 3.8) is 0 Å². The molecule has 5 heteroatoms. The molecule has 0 fully saturated rings. The van der Waals surface area contributed by atoms with E-state index < -0.39 is 0 Å². The molecule has 0 aliphatic heterocycles. The minimum Gasteiger partial charge on any atom is -0.497 e. The Morgan fingerprint density at radius 2 is 2.10 bits per heavy atom. The van der Waals surface area contributed by atoms with E-state index in [1.807, 2.05) is 24.3 Å².